The molecule has 0 radical (unpaired) electrons. The van der Waals surface area contributed by atoms with E-state index < -0.39 is 12.1 Å². The van der Waals surface area contributed by atoms with Gasteiger partial charge in [0.05, 0.1) is 7.11 Å². The number of carbonyl (C=O) groups excluding carboxylic acids is 2. The van der Waals surface area contributed by atoms with E-state index in [1.165, 1.54) is 7.11 Å². The molecule has 3 atom stereocenters. The Morgan fingerprint density at radius 2 is 2.20 bits per heavy atom. The van der Waals surface area contributed by atoms with Crippen molar-refractivity contribution in [2.45, 2.75) is 36.1 Å². The van der Waals surface area contributed by atoms with Gasteiger partial charge in [-0.25, -0.2) is 4.79 Å². The Balaban J connectivity index is 2.29. The molecule has 0 aromatic rings. The predicted molar refractivity (Wildman–Crippen MR) is 56.1 cm³/mol. The fourth-order valence-electron chi connectivity index (χ4n) is 2.13. The molecule has 1 amide bonds. The average molecular weight is 230 g/mol. The van der Waals surface area contributed by atoms with Crippen molar-refractivity contribution in [3.63, 3.8) is 0 Å². The van der Waals surface area contributed by atoms with Crippen LogP contribution < -0.4 is 5.73 Å². The number of methoxy groups -OCH3 is 1. The van der Waals surface area contributed by atoms with E-state index in [0.717, 1.165) is 0 Å². The molecule has 2 fully saturated rings. The molecule has 2 aliphatic heterocycles. The molecule has 0 saturated carbocycles. The molecule has 2 heterocycles. The topological polar surface area (TPSA) is 72.6 Å². The molecule has 15 heavy (non-hydrogen) atoms. The largest absolute Gasteiger partial charge is 0.467 e. The van der Waals surface area contributed by atoms with Crippen LogP contribution in [0.5, 0.6) is 0 Å². The average Bonchev–Trinajstić information content (AvgIpc) is 2.45. The third kappa shape index (κ3) is 1.28. The number of fused-ring (bicyclic) bond motifs is 1. The number of thioether (sulfide) groups is 1. The zero-order valence-corrected chi connectivity index (χ0v) is 9.71. The highest BCUT2D eigenvalue weighted by atomic mass is 32.2. The molecule has 0 aromatic heterocycles. The Bertz CT molecular complexity index is 331. The van der Waals surface area contributed by atoms with E-state index in [1.807, 2.05) is 13.8 Å². The Kier molecular flexibility index (Phi) is 2.24. The lowest BCUT2D eigenvalue weighted by Crippen LogP contribution is -2.68. The van der Waals surface area contributed by atoms with Gasteiger partial charge in [0.2, 0.25) is 5.91 Å². The highest BCUT2D eigenvalue weighted by Crippen LogP contribution is 2.50. The second-order valence-electron chi connectivity index (χ2n) is 4.31. The van der Waals surface area contributed by atoms with Crippen LogP contribution in [0, 0.1) is 0 Å². The Labute approximate surface area is 92.3 Å². The first kappa shape index (κ1) is 10.8. The molecule has 84 valence electrons. The van der Waals surface area contributed by atoms with Crippen LogP contribution in [0.2, 0.25) is 0 Å². The van der Waals surface area contributed by atoms with E-state index in [2.05, 4.69) is 0 Å². The summed E-state index contributed by atoms with van der Waals surface area (Å²) in [6, 6.07) is -0.978. The van der Waals surface area contributed by atoms with Crippen molar-refractivity contribution in [2.24, 2.45) is 5.73 Å². The van der Waals surface area contributed by atoms with Crippen LogP contribution >= 0.6 is 11.8 Å². The summed E-state index contributed by atoms with van der Waals surface area (Å²) in [5, 5.41) is -0.0726. The number of esters is 1. The quantitative estimate of drug-likeness (QED) is 0.488. The molecular formula is C9H14N2O3S. The summed E-state index contributed by atoms with van der Waals surface area (Å²) in [4.78, 5) is 24.7. The van der Waals surface area contributed by atoms with Crippen molar-refractivity contribution in [3.05, 3.63) is 0 Å². The summed E-state index contributed by atoms with van der Waals surface area (Å²) >= 11 is 1.56. The number of rotatable bonds is 1. The molecule has 0 bridgehead atoms. The summed E-state index contributed by atoms with van der Waals surface area (Å²) in [5.74, 6) is -0.524. The molecule has 2 aliphatic rings. The minimum absolute atomic E-state index is 0.0726. The van der Waals surface area contributed by atoms with Gasteiger partial charge in [-0.2, -0.15) is 0 Å². The van der Waals surface area contributed by atoms with Crippen LogP contribution in [0.4, 0.5) is 0 Å². The molecule has 6 heteroatoms. The maximum atomic E-state index is 11.6. The van der Waals surface area contributed by atoms with Crippen molar-refractivity contribution in [2.75, 3.05) is 7.11 Å². The third-order valence-corrected chi connectivity index (χ3v) is 4.50. The standard InChI is InChI=1S/C9H14N2O3S/c1-9(2)5(8(13)14-3)11-6(12)4(10)7(11)15-9/h4-5,7H,10H2,1-3H3. The van der Waals surface area contributed by atoms with Gasteiger partial charge < -0.3 is 15.4 Å². The van der Waals surface area contributed by atoms with Crippen molar-refractivity contribution in [1.82, 2.24) is 4.90 Å². The van der Waals surface area contributed by atoms with Gasteiger partial charge in [0.25, 0.3) is 0 Å². The molecule has 0 aromatic carbocycles. The zero-order valence-electron chi connectivity index (χ0n) is 8.89. The molecule has 2 N–H and O–H groups in total. The van der Waals surface area contributed by atoms with Crippen LogP contribution in [0.25, 0.3) is 0 Å². The van der Waals surface area contributed by atoms with Gasteiger partial charge in [-0.1, -0.05) is 0 Å². The van der Waals surface area contributed by atoms with E-state index in [-0.39, 0.29) is 22.0 Å². The summed E-state index contributed by atoms with van der Waals surface area (Å²) in [6.45, 7) is 3.86. The normalized spacial score (nSPS) is 37.2. The second kappa shape index (κ2) is 3.12. The fourth-order valence-corrected chi connectivity index (χ4v) is 3.70. The number of ether oxygens (including phenoxy) is 1. The fraction of sp³-hybridized carbons (Fsp3) is 0.778. The van der Waals surface area contributed by atoms with E-state index in [4.69, 9.17) is 10.5 Å². The van der Waals surface area contributed by atoms with Gasteiger partial charge in [-0.3, -0.25) is 4.79 Å². The SMILES string of the molecule is COC(=O)C1N2C(=O)C(N)C2SC1(C)C. The lowest BCUT2D eigenvalue weighted by atomic mass is 9.96. The number of carbonyl (C=O) groups is 2. The zero-order chi connectivity index (χ0) is 11.4. The number of hydrogen-bond acceptors (Lipinski definition) is 5. The third-order valence-electron chi connectivity index (χ3n) is 2.91. The molecule has 0 aliphatic carbocycles. The van der Waals surface area contributed by atoms with Gasteiger partial charge in [-0.15, -0.1) is 11.8 Å². The maximum absolute atomic E-state index is 11.6. The summed E-state index contributed by atoms with van der Waals surface area (Å²) < 4.78 is 4.39. The molecule has 2 saturated heterocycles. The van der Waals surface area contributed by atoms with E-state index >= 15 is 0 Å². The Hall–Kier alpha value is -0.750. The summed E-state index contributed by atoms with van der Waals surface area (Å²) in [6.07, 6.45) is 0. The van der Waals surface area contributed by atoms with Gasteiger partial charge in [0, 0.05) is 4.75 Å². The lowest BCUT2D eigenvalue weighted by Gasteiger charge is -2.41. The van der Waals surface area contributed by atoms with Gasteiger partial charge in [0.1, 0.15) is 17.5 Å². The van der Waals surface area contributed by atoms with Gasteiger partial charge in [0.15, 0.2) is 0 Å². The predicted octanol–water partition coefficient (Wildman–Crippen LogP) is -0.451. The van der Waals surface area contributed by atoms with Crippen molar-refractivity contribution < 1.29 is 14.3 Å². The van der Waals surface area contributed by atoms with Crippen molar-refractivity contribution >= 4 is 23.6 Å². The van der Waals surface area contributed by atoms with Crippen molar-refractivity contribution in [1.29, 1.82) is 0 Å². The monoisotopic (exact) mass is 230 g/mol. The first-order valence-corrected chi connectivity index (χ1v) is 5.61. The van der Waals surface area contributed by atoms with Crippen LogP contribution in [0.15, 0.2) is 0 Å². The minimum atomic E-state index is -0.509. The van der Waals surface area contributed by atoms with Crippen LogP contribution in [-0.4, -0.2) is 46.1 Å². The minimum Gasteiger partial charge on any atom is -0.467 e. The molecule has 0 spiro atoms. The Morgan fingerprint density at radius 3 is 2.73 bits per heavy atom. The lowest BCUT2D eigenvalue weighted by molar-refractivity contribution is -0.160. The summed E-state index contributed by atoms with van der Waals surface area (Å²) in [7, 11) is 1.33. The number of amides is 1. The number of nitrogens with zero attached hydrogens (tertiary/aromatic N) is 1. The highest BCUT2D eigenvalue weighted by Gasteiger charge is 2.62. The molecule has 2 rings (SSSR count). The molecular weight excluding hydrogens is 216 g/mol. The van der Waals surface area contributed by atoms with Gasteiger partial charge >= 0.3 is 5.97 Å². The van der Waals surface area contributed by atoms with Crippen LogP contribution in [0.1, 0.15) is 13.8 Å². The smallest absolute Gasteiger partial charge is 0.330 e. The van der Waals surface area contributed by atoms with E-state index in [1.54, 1.807) is 16.7 Å². The summed E-state index contributed by atoms with van der Waals surface area (Å²) in [5.41, 5.74) is 5.67. The van der Waals surface area contributed by atoms with E-state index in [9.17, 15) is 9.59 Å². The Morgan fingerprint density at radius 1 is 1.60 bits per heavy atom. The van der Waals surface area contributed by atoms with Crippen molar-refractivity contribution in [3.8, 4) is 0 Å². The van der Waals surface area contributed by atoms with Crippen LogP contribution in [-0.2, 0) is 14.3 Å². The first-order valence-electron chi connectivity index (χ1n) is 4.73. The number of β-lactam (4-membered cyclic amide) rings is 1. The highest BCUT2D eigenvalue weighted by molar-refractivity contribution is 8.01. The maximum Gasteiger partial charge on any atom is 0.330 e. The molecule has 5 nitrogen and oxygen atoms in total. The number of nitrogens with two attached hydrogens (primary N) is 1. The van der Waals surface area contributed by atoms with Gasteiger partial charge in [-0.05, 0) is 13.8 Å². The second-order valence-corrected chi connectivity index (χ2v) is 6.08. The molecule has 3 unspecified atom stereocenters. The first-order chi connectivity index (χ1) is 6.90. The van der Waals surface area contributed by atoms with E-state index in [0.29, 0.717) is 0 Å². The van der Waals surface area contributed by atoms with Crippen LogP contribution in [0.3, 0.4) is 0 Å². The number of hydrogen-bond donors (Lipinski definition) is 1.